The van der Waals surface area contributed by atoms with Gasteiger partial charge in [0.1, 0.15) is 11.6 Å². The second kappa shape index (κ2) is 6.61. The number of nitrogens with zero attached hydrogens (tertiary/aromatic N) is 3. The molecule has 10 heteroatoms. The highest BCUT2D eigenvalue weighted by molar-refractivity contribution is 6.27. The van der Waals surface area contributed by atoms with E-state index in [0.717, 1.165) is 12.1 Å². The fourth-order valence-electron chi connectivity index (χ4n) is 2.39. The lowest BCUT2D eigenvalue weighted by Crippen LogP contribution is -2.49. The molecule has 1 saturated heterocycles. The fraction of sp³-hybridized carbons (Fsp3) is 0.462. The highest BCUT2D eigenvalue weighted by Gasteiger charge is 2.34. The van der Waals surface area contributed by atoms with Gasteiger partial charge >= 0.3 is 6.18 Å². The normalized spacial score (nSPS) is 15.7. The van der Waals surface area contributed by atoms with E-state index in [1.807, 2.05) is 0 Å². The molecule has 0 atom stereocenters. The zero-order valence-electron chi connectivity index (χ0n) is 11.8. The van der Waals surface area contributed by atoms with Gasteiger partial charge in [0.05, 0.1) is 10.5 Å². The third-order valence-corrected chi connectivity index (χ3v) is 3.82. The van der Waals surface area contributed by atoms with Crippen LogP contribution in [0.15, 0.2) is 18.2 Å². The van der Waals surface area contributed by atoms with Crippen molar-refractivity contribution < 1.29 is 22.9 Å². The molecule has 126 valence electrons. The van der Waals surface area contributed by atoms with Gasteiger partial charge < -0.3 is 9.80 Å². The quantitative estimate of drug-likeness (QED) is 0.477. The number of benzene rings is 1. The number of hydrogen-bond acceptors (Lipinski definition) is 4. The Kier molecular flexibility index (Phi) is 4.98. The smallest absolute Gasteiger partial charge is 0.362 e. The molecule has 1 aromatic rings. The van der Waals surface area contributed by atoms with E-state index >= 15 is 0 Å². The Morgan fingerprint density at radius 3 is 2.35 bits per heavy atom. The van der Waals surface area contributed by atoms with Gasteiger partial charge in [-0.25, -0.2) is 0 Å². The summed E-state index contributed by atoms with van der Waals surface area (Å²) in [6.45, 7) is 1.19. The standard InChI is InChI=1S/C13H13ClF3N3O3/c14-8-12(21)19-5-3-18(4-6-19)10-2-1-9(13(15,16)17)7-11(10)20(22)23/h1-2,7H,3-6,8H2. The van der Waals surface area contributed by atoms with Crippen LogP contribution in [0.1, 0.15) is 5.56 Å². The molecule has 0 spiro atoms. The van der Waals surface area contributed by atoms with Crippen LogP contribution in [0.2, 0.25) is 0 Å². The Morgan fingerprint density at radius 2 is 1.87 bits per heavy atom. The summed E-state index contributed by atoms with van der Waals surface area (Å²) < 4.78 is 38.1. The molecule has 0 aliphatic carbocycles. The number of amides is 1. The number of carbonyl (C=O) groups excluding carboxylic acids is 1. The van der Waals surface area contributed by atoms with Crippen molar-refractivity contribution in [3.63, 3.8) is 0 Å². The maximum Gasteiger partial charge on any atom is 0.416 e. The van der Waals surface area contributed by atoms with Gasteiger partial charge in [-0.15, -0.1) is 11.6 Å². The molecule has 1 amide bonds. The number of hydrogen-bond donors (Lipinski definition) is 0. The lowest BCUT2D eigenvalue weighted by atomic mass is 10.1. The Hall–Kier alpha value is -2.03. The summed E-state index contributed by atoms with van der Waals surface area (Å²) >= 11 is 5.46. The molecular weight excluding hydrogens is 339 g/mol. The van der Waals surface area contributed by atoms with Crippen LogP contribution in [0, 0.1) is 10.1 Å². The van der Waals surface area contributed by atoms with Crippen LogP contribution in [0.5, 0.6) is 0 Å². The lowest BCUT2D eigenvalue weighted by Gasteiger charge is -2.35. The molecule has 0 saturated carbocycles. The first kappa shape index (κ1) is 17.3. The summed E-state index contributed by atoms with van der Waals surface area (Å²) in [7, 11) is 0. The average Bonchev–Trinajstić information content (AvgIpc) is 2.52. The number of nitro groups is 1. The van der Waals surface area contributed by atoms with E-state index in [-0.39, 0.29) is 30.6 Å². The van der Waals surface area contributed by atoms with Gasteiger partial charge in [0.2, 0.25) is 5.91 Å². The van der Waals surface area contributed by atoms with Crippen LogP contribution in [0.3, 0.4) is 0 Å². The monoisotopic (exact) mass is 351 g/mol. The molecule has 1 aliphatic heterocycles. The van der Waals surface area contributed by atoms with Crippen LogP contribution < -0.4 is 4.90 Å². The van der Waals surface area contributed by atoms with Crippen LogP contribution in [-0.4, -0.2) is 47.8 Å². The third kappa shape index (κ3) is 3.84. The lowest BCUT2D eigenvalue weighted by molar-refractivity contribution is -0.384. The second-order valence-electron chi connectivity index (χ2n) is 4.96. The number of alkyl halides is 4. The minimum absolute atomic E-state index is 0.112. The molecule has 2 rings (SSSR count). The van der Waals surface area contributed by atoms with Gasteiger partial charge in [-0.1, -0.05) is 0 Å². The molecule has 0 unspecified atom stereocenters. The highest BCUT2D eigenvalue weighted by Crippen LogP contribution is 2.36. The van der Waals surface area contributed by atoms with Crippen LogP contribution in [0.25, 0.3) is 0 Å². The minimum atomic E-state index is -4.64. The molecular formula is C13H13ClF3N3O3. The van der Waals surface area contributed by atoms with E-state index in [0.29, 0.717) is 19.2 Å². The van der Waals surface area contributed by atoms with Crippen molar-refractivity contribution in [3.8, 4) is 0 Å². The van der Waals surface area contributed by atoms with Crippen LogP contribution in [0.4, 0.5) is 24.5 Å². The first-order chi connectivity index (χ1) is 10.7. The molecule has 1 aliphatic rings. The summed E-state index contributed by atoms with van der Waals surface area (Å²) in [5, 5.41) is 11.1. The number of rotatable bonds is 3. The number of carbonyl (C=O) groups is 1. The Labute approximate surface area is 134 Å². The van der Waals surface area contributed by atoms with Crippen LogP contribution in [-0.2, 0) is 11.0 Å². The van der Waals surface area contributed by atoms with Gasteiger partial charge in [0.25, 0.3) is 5.69 Å². The van der Waals surface area contributed by atoms with Crippen molar-refractivity contribution >= 4 is 28.9 Å². The van der Waals surface area contributed by atoms with Crippen molar-refractivity contribution in [3.05, 3.63) is 33.9 Å². The molecule has 6 nitrogen and oxygen atoms in total. The second-order valence-corrected chi connectivity index (χ2v) is 5.23. The van der Waals surface area contributed by atoms with E-state index in [1.54, 1.807) is 4.90 Å². The summed E-state index contributed by atoms with van der Waals surface area (Å²) in [6.07, 6.45) is -4.64. The summed E-state index contributed by atoms with van der Waals surface area (Å²) in [5.74, 6) is -0.395. The fourth-order valence-corrected chi connectivity index (χ4v) is 2.56. The van der Waals surface area contributed by atoms with Crippen molar-refractivity contribution in [2.75, 3.05) is 37.0 Å². The molecule has 1 fully saturated rings. The summed E-state index contributed by atoms with van der Waals surface area (Å²) in [4.78, 5) is 24.8. The van der Waals surface area contributed by atoms with Gasteiger partial charge in [-0.05, 0) is 12.1 Å². The topological polar surface area (TPSA) is 66.7 Å². The molecule has 0 bridgehead atoms. The Bertz CT molecular complexity index is 616. The number of anilines is 1. The SMILES string of the molecule is O=C(CCl)N1CCN(c2ccc(C(F)(F)F)cc2[N+](=O)[O-])CC1. The van der Waals surface area contributed by atoms with Gasteiger partial charge in [-0.3, -0.25) is 14.9 Å². The van der Waals surface area contributed by atoms with E-state index in [2.05, 4.69) is 0 Å². The van der Waals surface area contributed by atoms with Gasteiger partial charge in [0.15, 0.2) is 0 Å². The van der Waals surface area contributed by atoms with E-state index in [4.69, 9.17) is 11.6 Å². The largest absolute Gasteiger partial charge is 0.416 e. The highest BCUT2D eigenvalue weighted by atomic mass is 35.5. The van der Waals surface area contributed by atoms with Crippen molar-refractivity contribution in [1.82, 2.24) is 4.90 Å². The Balaban J connectivity index is 2.23. The maximum absolute atomic E-state index is 12.7. The minimum Gasteiger partial charge on any atom is -0.362 e. The van der Waals surface area contributed by atoms with E-state index < -0.39 is 22.4 Å². The predicted molar refractivity (Wildman–Crippen MR) is 77.6 cm³/mol. The zero-order valence-corrected chi connectivity index (χ0v) is 12.6. The van der Waals surface area contributed by atoms with Crippen LogP contribution >= 0.6 is 11.6 Å². The number of nitro benzene ring substituents is 1. The van der Waals surface area contributed by atoms with Crippen molar-refractivity contribution in [2.45, 2.75) is 6.18 Å². The average molecular weight is 352 g/mol. The summed E-state index contributed by atoms with van der Waals surface area (Å²) in [6, 6.07) is 2.45. The molecule has 23 heavy (non-hydrogen) atoms. The number of piperazine rings is 1. The van der Waals surface area contributed by atoms with Gasteiger partial charge in [0, 0.05) is 32.2 Å². The molecule has 0 radical (unpaired) electrons. The Morgan fingerprint density at radius 1 is 1.26 bits per heavy atom. The van der Waals surface area contributed by atoms with Crippen molar-refractivity contribution in [2.24, 2.45) is 0 Å². The number of halogens is 4. The van der Waals surface area contributed by atoms with E-state index in [9.17, 15) is 28.1 Å². The first-order valence-electron chi connectivity index (χ1n) is 6.68. The first-order valence-corrected chi connectivity index (χ1v) is 7.22. The molecule has 1 heterocycles. The van der Waals surface area contributed by atoms with Crippen molar-refractivity contribution in [1.29, 1.82) is 0 Å². The molecule has 1 aromatic carbocycles. The molecule has 0 N–H and O–H groups in total. The third-order valence-electron chi connectivity index (χ3n) is 3.59. The predicted octanol–water partition coefficient (Wildman–Crippen LogP) is 2.50. The zero-order chi connectivity index (χ0) is 17.2. The summed E-state index contributed by atoms with van der Waals surface area (Å²) in [5.41, 5.74) is -1.55. The van der Waals surface area contributed by atoms with Gasteiger partial charge in [-0.2, -0.15) is 13.2 Å². The maximum atomic E-state index is 12.7. The van der Waals surface area contributed by atoms with E-state index in [1.165, 1.54) is 4.90 Å². The molecule has 0 aromatic heterocycles.